The van der Waals surface area contributed by atoms with Crippen LogP contribution in [0.3, 0.4) is 0 Å². The zero-order valence-corrected chi connectivity index (χ0v) is 16.2. The molecule has 1 amide bonds. The molecule has 3 aromatic rings. The second-order valence-corrected chi connectivity index (χ2v) is 5.97. The van der Waals surface area contributed by atoms with Crippen molar-refractivity contribution < 1.29 is 19.0 Å². The third-order valence-corrected chi connectivity index (χ3v) is 4.16. The van der Waals surface area contributed by atoms with Crippen LogP contribution in [-0.4, -0.2) is 43.0 Å². The Labute approximate surface area is 166 Å². The minimum atomic E-state index is -0.460. The van der Waals surface area contributed by atoms with E-state index in [4.69, 9.17) is 14.2 Å². The van der Waals surface area contributed by atoms with Gasteiger partial charge in [-0.2, -0.15) is 5.10 Å². The maximum Gasteiger partial charge on any atom is 0.261 e. The van der Waals surface area contributed by atoms with E-state index in [-0.39, 0.29) is 12.1 Å². The Kier molecular flexibility index (Phi) is 6.08. The number of nitrogens with zero attached hydrogens (tertiary/aromatic N) is 3. The highest BCUT2D eigenvalue weighted by atomic mass is 16.5. The van der Waals surface area contributed by atoms with Crippen molar-refractivity contribution in [2.75, 3.05) is 21.3 Å². The lowest BCUT2D eigenvalue weighted by Crippen LogP contribution is -2.30. The molecule has 0 aliphatic rings. The van der Waals surface area contributed by atoms with E-state index in [1.165, 1.54) is 31.3 Å². The van der Waals surface area contributed by atoms with E-state index < -0.39 is 5.91 Å². The van der Waals surface area contributed by atoms with E-state index in [0.29, 0.717) is 22.4 Å². The van der Waals surface area contributed by atoms with E-state index in [2.05, 4.69) is 15.5 Å². The van der Waals surface area contributed by atoms with Crippen LogP contribution in [0, 0.1) is 0 Å². The highest BCUT2D eigenvalue weighted by molar-refractivity contribution is 5.83. The number of nitrogens with one attached hydrogen (secondary N) is 1. The summed E-state index contributed by atoms with van der Waals surface area (Å²) in [6, 6.07) is 10.3. The minimum absolute atomic E-state index is 0.226. The second kappa shape index (κ2) is 8.87. The smallest absolute Gasteiger partial charge is 0.261 e. The van der Waals surface area contributed by atoms with Crippen LogP contribution in [0.2, 0.25) is 0 Å². The molecular weight excluding hydrogens is 376 g/mol. The number of amides is 1. The average Bonchev–Trinajstić information content (AvgIpc) is 2.75. The number of rotatable bonds is 7. The fourth-order valence-electron chi connectivity index (χ4n) is 2.66. The van der Waals surface area contributed by atoms with Crippen LogP contribution < -0.4 is 25.2 Å². The molecule has 0 unspecified atom stereocenters. The topological polar surface area (TPSA) is 104 Å². The van der Waals surface area contributed by atoms with Gasteiger partial charge < -0.3 is 14.2 Å². The molecule has 1 N–H and O–H groups in total. The number of carbonyl (C=O) groups is 1. The summed E-state index contributed by atoms with van der Waals surface area (Å²) >= 11 is 0. The molecule has 1 heterocycles. The van der Waals surface area contributed by atoms with Gasteiger partial charge in [-0.1, -0.05) is 0 Å². The number of aromatic nitrogens is 2. The summed E-state index contributed by atoms with van der Waals surface area (Å²) in [4.78, 5) is 29.0. The summed E-state index contributed by atoms with van der Waals surface area (Å²) in [7, 11) is 4.56. The highest BCUT2D eigenvalue weighted by Crippen LogP contribution is 2.29. The van der Waals surface area contributed by atoms with Crippen molar-refractivity contribution in [1.29, 1.82) is 0 Å². The molecule has 9 nitrogen and oxygen atoms in total. The van der Waals surface area contributed by atoms with Crippen molar-refractivity contribution in [2.24, 2.45) is 5.10 Å². The predicted molar refractivity (Wildman–Crippen MR) is 108 cm³/mol. The number of hydrazone groups is 1. The van der Waals surface area contributed by atoms with Crippen LogP contribution >= 0.6 is 0 Å². The van der Waals surface area contributed by atoms with Gasteiger partial charge in [-0.25, -0.2) is 10.4 Å². The highest BCUT2D eigenvalue weighted by Gasteiger charge is 2.12. The van der Waals surface area contributed by atoms with Gasteiger partial charge in [0, 0.05) is 6.07 Å². The molecule has 0 atom stereocenters. The van der Waals surface area contributed by atoms with Gasteiger partial charge in [0.25, 0.3) is 11.5 Å². The molecule has 2 aromatic carbocycles. The maximum absolute atomic E-state index is 12.7. The first-order valence-corrected chi connectivity index (χ1v) is 8.63. The maximum atomic E-state index is 12.7. The van der Waals surface area contributed by atoms with Gasteiger partial charge >= 0.3 is 0 Å². The van der Waals surface area contributed by atoms with Gasteiger partial charge in [-0.05, 0) is 35.9 Å². The third kappa shape index (κ3) is 4.52. The number of carbonyl (C=O) groups excluding carboxylic acids is 1. The predicted octanol–water partition coefficient (Wildman–Crippen LogP) is 1.57. The Morgan fingerprint density at radius 1 is 1.10 bits per heavy atom. The normalized spacial score (nSPS) is 10.9. The van der Waals surface area contributed by atoms with Gasteiger partial charge in [-0.3, -0.25) is 14.2 Å². The first-order valence-electron chi connectivity index (χ1n) is 8.63. The molecule has 3 rings (SSSR count). The van der Waals surface area contributed by atoms with E-state index in [1.807, 2.05) is 0 Å². The average molecular weight is 396 g/mol. The monoisotopic (exact) mass is 396 g/mol. The Morgan fingerprint density at radius 2 is 1.79 bits per heavy atom. The first-order chi connectivity index (χ1) is 14.0. The molecule has 0 saturated carbocycles. The van der Waals surface area contributed by atoms with Crippen molar-refractivity contribution in [3.63, 3.8) is 0 Å². The lowest BCUT2D eigenvalue weighted by atomic mass is 10.2. The fourth-order valence-corrected chi connectivity index (χ4v) is 2.66. The van der Waals surface area contributed by atoms with Crippen LogP contribution in [0.1, 0.15) is 5.56 Å². The van der Waals surface area contributed by atoms with Gasteiger partial charge in [0.1, 0.15) is 12.3 Å². The second-order valence-electron chi connectivity index (χ2n) is 5.97. The lowest BCUT2D eigenvalue weighted by Gasteiger charge is -2.10. The number of fused-ring (bicyclic) bond motifs is 1. The van der Waals surface area contributed by atoms with Crippen LogP contribution in [0.25, 0.3) is 10.9 Å². The number of ether oxygens (including phenoxy) is 3. The van der Waals surface area contributed by atoms with Gasteiger partial charge in [-0.15, -0.1) is 0 Å². The fraction of sp³-hybridized carbons (Fsp3) is 0.200. The van der Waals surface area contributed by atoms with Crippen molar-refractivity contribution in [2.45, 2.75) is 6.54 Å². The van der Waals surface area contributed by atoms with Crippen molar-refractivity contribution in [1.82, 2.24) is 15.0 Å². The molecule has 0 fully saturated rings. The SMILES string of the molecule is COc1ccc(/C=N/NC(=O)Cn2cnc3cc(OC)c(OC)cc3c2=O)cc1. The molecule has 0 spiro atoms. The Morgan fingerprint density at radius 3 is 2.45 bits per heavy atom. The van der Waals surface area contributed by atoms with E-state index >= 15 is 0 Å². The molecule has 0 radical (unpaired) electrons. The summed E-state index contributed by atoms with van der Waals surface area (Å²) < 4.78 is 16.7. The van der Waals surface area contributed by atoms with Crippen molar-refractivity contribution in [3.8, 4) is 17.2 Å². The lowest BCUT2D eigenvalue weighted by molar-refractivity contribution is -0.121. The van der Waals surface area contributed by atoms with E-state index in [0.717, 1.165) is 11.3 Å². The van der Waals surface area contributed by atoms with Crippen LogP contribution in [0.4, 0.5) is 0 Å². The summed E-state index contributed by atoms with van der Waals surface area (Å²) in [6.07, 6.45) is 2.80. The number of hydrogen-bond acceptors (Lipinski definition) is 7. The zero-order chi connectivity index (χ0) is 20.8. The summed E-state index contributed by atoms with van der Waals surface area (Å²) in [6.45, 7) is -0.226. The molecular formula is C20H20N4O5. The van der Waals surface area contributed by atoms with E-state index in [9.17, 15) is 9.59 Å². The van der Waals surface area contributed by atoms with Crippen LogP contribution in [0.5, 0.6) is 17.2 Å². The molecule has 150 valence electrons. The number of benzene rings is 2. The molecule has 0 aliphatic heterocycles. The van der Waals surface area contributed by atoms with Crippen LogP contribution in [-0.2, 0) is 11.3 Å². The summed E-state index contributed by atoms with van der Waals surface area (Å²) in [5, 5.41) is 4.22. The standard InChI is InChI=1S/C20H20N4O5/c1-27-14-6-4-13(5-7-14)10-22-23-19(25)11-24-12-21-16-9-18(29-3)17(28-2)8-15(16)20(24)26/h4-10,12H,11H2,1-3H3,(H,23,25)/b22-10+. The van der Waals surface area contributed by atoms with E-state index in [1.54, 1.807) is 43.5 Å². The van der Waals surface area contributed by atoms with Crippen molar-refractivity contribution in [3.05, 3.63) is 58.6 Å². The minimum Gasteiger partial charge on any atom is -0.497 e. The molecule has 29 heavy (non-hydrogen) atoms. The quantitative estimate of drug-likeness (QED) is 0.480. The molecule has 0 bridgehead atoms. The van der Waals surface area contributed by atoms with Gasteiger partial charge in [0.2, 0.25) is 0 Å². The summed E-state index contributed by atoms with van der Waals surface area (Å²) in [5.74, 6) is 1.14. The van der Waals surface area contributed by atoms with Crippen molar-refractivity contribution >= 4 is 23.0 Å². The largest absolute Gasteiger partial charge is 0.497 e. The third-order valence-electron chi connectivity index (χ3n) is 4.16. The molecule has 9 heteroatoms. The Balaban J connectivity index is 1.73. The summed E-state index contributed by atoms with van der Waals surface area (Å²) in [5.41, 5.74) is 3.26. The van der Waals surface area contributed by atoms with Crippen LogP contribution in [0.15, 0.2) is 52.6 Å². The zero-order valence-electron chi connectivity index (χ0n) is 16.2. The number of hydrogen-bond donors (Lipinski definition) is 1. The molecule has 1 aromatic heterocycles. The Hall–Kier alpha value is -3.88. The van der Waals surface area contributed by atoms with Gasteiger partial charge in [0.15, 0.2) is 11.5 Å². The Bertz CT molecular complexity index is 1110. The molecule has 0 aliphatic carbocycles. The molecule has 0 saturated heterocycles. The first kappa shape index (κ1) is 19.9. The number of methoxy groups -OCH3 is 3. The van der Waals surface area contributed by atoms with Gasteiger partial charge in [0.05, 0.1) is 44.8 Å².